The van der Waals surface area contributed by atoms with Crippen LogP contribution in [0.1, 0.15) is 23.6 Å². The summed E-state index contributed by atoms with van der Waals surface area (Å²) >= 11 is 5.05. The number of para-hydroxylation sites is 1. The molecule has 0 heterocycles. The van der Waals surface area contributed by atoms with E-state index in [0.29, 0.717) is 11.6 Å². The molecular weight excluding hydrogens is 254 g/mol. The van der Waals surface area contributed by atoms with Crippen LogP contribution in [-0.4, -0.2) is 4.99 Å². The number of thiocarbonyl (C=S) groups is 1. The molecule has 2 nitrogen and oxygen atoms in total. The molecule has 0 radical (unpaired) electrons. The third-order valence-electron chi connectivity index (χ3n) is 3.02. The predicted octanol–water partition coefficient (Wildman–Crippen LogP) is 3.46. The number of benzene rings is 2. The van der Waals surface area contributed by atoms with Gasteiger partial charge in [0.1, 0.15) is 17.3 Å². The molecule has 19 heavy (non-hydrogen) atoms. The van der Waals surface area contributed by atoms with E-state index in [1.807, 2.05) is 42.5 Å². The first-order valence-corrected chi connectivity index (χ1v) is 6.71. The molecule has 0 aliphatic heterocycles. The van der Waals surface area contributed by atoms with E-state index in [1.165, 1.54) is 5.56 Å². The number of nitrogens with two attached hydrogens (primary N) is 1. The summed E-state index contributed by atoms with van der Waals surface area (Å²) in [7, 11) is 0. The van der Waals surface area contributed by atoms with Gasteiger partial charge in [0.25, 0.3) is 0 Å². The zero-order valence-corrected chi connectivity index (χ0v) is 11.7. The van der Waals surface area contributed by atoms with Crippen molar-refractivity contribution in [2.75, 3.05) is 0 Å². The van der Waals surface area contributed by atoms with E-state index in [9.17, 15) is 0 Å². The molecule has 0 aliphatic carbocycles. The van der Waals surface area contributed by atoms with Crippen LogP contribution in [0.2, 0.25) is 0 Å². The van der Waals surface area contributed by atoms with E-state index in [4.69, 9.17) is 22.7 Å². The number of hydrogen-bond donors (Lipinski definition) is 1. The van der Waals surface area contributed by atoms with Crippen LogP contribution < -0.4 is 10.5 Å². The third kappa shape index (κ3) is 3.32. The Kier molecular flexibility index (Phi) is 4.53. The number of ether oxygens (including phenoxy) is 1. The summed E-state index contributed by atoms with van der Waals surface area (Å²) in [4.78, 5) is 0.406. The van der Waals surface area contributed by atoms with Gasteiger partial charge in [-0.25, -0.2) is 0 Å². The fourth-order valence-corrected chi connectivity index (χ4v) is 2.18. The molecule has 0 unspecified atom stereocenters. The van der Waals surface area contributed by atoms with E-state index in [2.05, 4.69) is 13.0 Å². The van der Waals surface area contributed by atoms with E-state index in [-0.39, 0.29) is 0 Å². The highest BCUT2D eigenvalue weighted by molar-refractivity contribution is 7.80. The van der Waals surface area contributed by atoms with Crippen molar-refractivity contribution in [3.63, 3.8) is 0 Å². The van der Waals surface area contributed by atoms with Gasteiger partial charge < -0.3 is 10.5 Å². The van der Waals surface area contributed by atoms with Crippen molar-refractivity contribution in [2.24, 2.45) is 5.73 Å². The summed E-state index contributed by atoms with van der Waals surface area (Å²) in [6, 6.07) is 15.9. The first kappa shape index (κ1) is 13.6. The van der Waals surface area contributed by atoms with Crippen LogP contribution in [0.4, 0.5) is 0 Å². The molecule has 0 fully saturated rings. The minimum absolute atomic E-state index is 0.406. The van der Waals surface area contributed by atoms with Crippen molar-refractivity contribution in [3.8, 4) is 5.75 Å². The predicted molar refractivity (Wildman–Crippen MR) is 82.5 cm³/mol. The molecule has 0 aromatic heterocycles. The lowest BCUT2D eigenvalue weighted by atomic mass is 10.1. The molecule has 98 valence electrons. The SMILES string of the molecule is CCc1ccccc1OCc1ccccc1C(N)=S. The second-order valence-electron chi connectivity index (χ2n) is 4.27. The number of hydrogen-bond acceptors (Lipinski definition) is 2. The second-order valence-corrected chi connectivity index (χ2v) is 4.71. The molecule has 2 rings (SSSR count). The van der Waals surface area contributed by atoms with Crippen LogP contribution in [0, 0.1) is 0 Å². The largest absolute Gasteiger partial charge is 0.489 e. The number of aryl methyl sites for hydroxylation is 1. The minimum Gasteiger partial charge on any atom is -0.489 e. The Morgan fingerprint density at radius 1 is 1.05 bits per heavy atom. The molecule has 0 aliphatic rings. The average molecular weight is 271 g/mol. The van der Waals surface area contributed by atoms with E-state index >= 15 is 0 Å². The maximum Gasteiger partial charge on any atom is 0.122 e. The standard InChI is InChI=1S/C16H17NOS/c1-2-12-7-4-6-10-15(12)18-11-13-8-3-5-9-14(13)16(17)19/h3-10H,2,11H2,1H3,(H2,17,19). The minimum atomic E-state index is 0.406. The highest BCUT2D eigenvalue weighted by atomic mass is 32.1. The molecule has 0 spiro atoms. The average Bonchev–Trinajstić information content (AvgIpc) is 2.45. The van der Waals surface area contributed by atoms with Crippen molar-refractivity contribution in [2.45, 2.75) is 20.0 Å². The first-order valence-electron chi connectivity index (χ1n) is 6.30. The Labute approximate surface area is 119 Å². The maximum atomic E-state index is 5.89. The fraction of sp³-hybridized carbons (Fsp3) is 0.188. The third-order valence-corrected chi connectivity index (χ3v) is 3.24. The summed E-state index contributed by atoms with van der Waals surface area (Å²) in [6.07, 6.45) is 0.952. The maximum absolute atomic E-state index is 5.89. The van der Waals surface area contributed by atoms with Crippen LogP contribution >= 0.6 is 12.2 Å². The van der Waals surface area contributed by atoms with Crippen LogP contribution in [-0.2, 0) is 13.0 Å². The highest BCUT2D eigenvalue weighted by Crippen LogP contribution is 2.20. The monoisotopic (exact) mass is 271 g/mol. The molecule has 0 saturated heterocycles. The Balaban J connectivity index is 2.17. The second kappa shape index (κ2) is 6.34. The Hall–Kier alpha value is -1.87. The molecule has 2 aromatic carbocycles. The summed E-state index contributed by atoms with van der Waals surface area (Å²) in [6.45, 7) is 2.59. The van der Waals surface area contributed by atoms with Crippen molar-refractivity contribution >= 4 is 17.2 Å². The zero-order valence-electron chi connectivity index (χ0n) is 10.9. The van der Waals surface area contributed by atoms with Crippen LogP contribution in [0.5, 0.6) is 5.75 Å². The summed E-state index contributed by atoms with van der Waals surface area (Å²) in [5.41, 5.74) is 8.82. The summed E-state index contributed by atoms with van der Waals surface area (Å²) in [5.74, 6) is 0.919. The quantitative estimate of drug-likeness (QED) is 0.846. The Bertz CT molecular complexity index is 580. The molecule has 0 bridgehead atoms. The highest BCUT2D eigenvalue weighted by Gasteiger charge is 2.06. The van der Waals surface area contributed by atoms with E-state index < -0.39 is 0 Å². The normalized spacial score (nSPS) is 10.2. The lowest BCUT2D eigenvalue weighted by Crippen LogP contribution is -2.13. The van der Waals surface area contributed by atoms with Gasteiger partial charge in [-0.15, -0.1) is 0 Å². The first-order chi connectivity index (χ1) is 9.22. The van der Waals surface area contributed by atoms with Crippen molar-refractivity contribution in [3.05, 3.63) is 65.2 Å². The molecule has 2 aromatic rings. The van der Waals surface area contributed by atoms with Gasteiger partial charge in [-0.3, -0.25) is 0 Å². The molecule has 3 heteroatoms. The summed E-state index contributed by atoms with van der Waals surface area (Å²) in [5, 5.41) is 0. The van der Waals surface area contributed by atoms with Gasteiger partial charge in [0.15, 0.2) is 0 Å². The van der Waals surface area contributed by atoms with Gasteiger partial charge in [0.05, 0.1) is 0 Å². The van der Waals surface area contributed by atoms with Crippen LogP contribution in [0.3, 0.4) is 0 Å². The molecule has 0 atom stereocenters. The Morgan fingerprint density at radius 2 is 1.68 bits per heavy atom. The van der Waals surface area contributed by atoms with Crippen molar-refractivity contribution in [1.82, 2.24) is 0 Å². The van der Waals surface area contributed by atoms with Gasteiger partial charge in [0.2, 0.25) is 0 Å². The van der Waals surface area contributed by atoms with Gasteiger partial charge in [-0.1, -0.05) is 61.6 Å². The van der Waals surface area contributed by atoms with E-state index in [1.54, 1.807) is 0 Å². The lowest BCUT2D eigenvalue weighted by molar-refractivity contribution is 0.303. The molecular formula is C16H17NOS. The van der Waals surface area contributed by atoms with Crippen molar-refractivity contribution < 1.29 is 4.74 Å². The van der Waals surface area contributed by atoms with Gasteiger partial charge in [-0.05, 0) is 23.6 Å². The van der Waals surface area contributed by atoms with Crippen LogP contribution in [0.15, 0.2) is 48.5 Å². The Morgan fingerprint density at radius 3 is 2.37 bits per heavy atom. The fourth-order valence-electron chi connectivity index (χ4n) is 1.98. The lowest BCUT2D eigenvalue weighted by Gasteiger charge is -2.12. The molecule has 2 N–H and O–H groups in total. The topological polar surface area (TPSA) is 35.2 Å². The smallest absolute Gasteiger partial charge is 0.122 e. The summed E-state index contributed by atoms with van der Waals surface area (Å²) < 4.78 is 5.89. The zero-order chi connectivity index (χ0) is 13.7. The van der Waals surface area contributed by atoms with E-state index in [0.717, 1.165) is 23.3 Å². The number of rotatable bonds is 5. The molecule has 0 saturated carbocycles. The van der Waals surface area contributed by atoms with Crippen molar-refractivity contribution in [1.29, 1.82) is 0 Å². The van der Waals surface area contributed by atoms with Gasteiger partial charge in [-0.2, -0.15) is 0 Å². The van der Waals surface area contributed by atoms with Gasteiger partial charge >= 0.3 is 0 Å². The van der Waals surface area contributed by atoms with Crippen LogP contribution in [0.25, 0.3) is 0 Å². The van der Waals surface area contributed by atoms with Gasteiger partial charge in [0, 0.05) is 5.56 Å². The molecule has 0 amide bonds.